The highest BCUT2D eigenvalue weighted by Crippen LogP contribution is 2.21. The van der Waals surface area contributed by atoms with E-state index < -0.39 is 9.84 Å². The first-order chi connectivity index (χ1) is 9.95. The second kappa shape index (κ2) is 6.62. The summed E-state index contributed by atoms with van der Waals surface area (Å²) in [5, 5.41) is 4.20. The summed E-state index contributed by atoms with van der Waals surface area (Å²) in [5.41, 5.74) is 2.32. The molecule has 0 saturated heterocycles. The van der Waals surface area contributed by atoms with Crippen molar-refractivity contribution in [3.8, 4) is 0 Å². The largest absolute Gasteiger partial charge is 0.346 e. The fourth-order valence-electron chi connectivity index (χ4n) is 2.37. The summed E-state index contributed by atoms with van der Waals surface area (Å²) >= 11 is 0. The van der Waals surface area contributed by atoms with Gasteiger partial charge in [0, 0.05) is 30.2 Å². The predicted molar refractivity (Wildman–Crippen MR) is 88.2 cm³/mol. The Hall–Kier alpha value is -1.33. The molecule has 0 saturated carbocycles. The lowest BCUT2D eigenvalue weighted by atomic mass is 10.2. The predicted octanol–water partition coefficient (Wildman–Crippen LogP) is 2.57. The average molecular weight is 308 g/mol. The number of hydrogen-bond acceptors (Lipinski definition) is 3. The molecule has 0 fully saturated rings. The molecular formula is C16H24N2O2S. The van der Waals surface area contributed by atoms with E-state index in [1.807, 2.05) is 18.2 Å². The molecule has 0 amide bonds. The van der Waals surface area contributed by atoms with Crippen LogP contribution in [0.15, 0.2) is 30.5 Å². The average Bonchev–Trinajstić information content (AvgIpc) is 2.81. The molecule has 1 aromatic carbocycles. The molecule has 0 unspecified atom stereocenters. The normalized spacial score (nSPS) is 12.4. The summed E-state index contributed by atoms with van der Waals surface area (Å²) in [6.45, 7) is 7.78. The number of sulfone groups is 1. The Bertz CT molecular complexity index is 702. The van der Waals surface area contributed by atoms with Crippen molar-refractivity contribution in [1.82, 2.24) is 9.88 Å². The maximum absolute atomic E-state index is 12.0. The summed E-state index contributed by atoms with van der Waals surface area (Å²) in [6.07, 6.45) is 2.07. The van der Waals surface area contributed by atoms with Crippen LogP contribution in [0, 0.1) is 0 Å². The van der Waals surface area contributed by atoms with E-state index in [0.717, 1.165) is 18.6 Å². The summed E-state index contributed by atoms with van der Waals surface area (Å²) < 4.78 is 26.0. The number of para-hydroxylation sites is 1. The Morgan fingerprint density at radius 3 is 2.62 bits per heavy atom. The minimum absolute atomic E-state index is 0.185. The van der Waals surface area contributed by atoms with Crippen molar-refractivity contribution in [1.29, 1.82) is 0 Å². The summed E-state index contributed by atoms with van der Waals surface area (Å²) in [6, 6.07) is 8.15. The fraction of sp³-hybridized carbons (Fsp3) is 0.500. The van der Waals surface area contributed by atoms with Gasteiger partial charge in [0.15, 0.2) is 9.84 Å². The van der Waals surface area contributed by atoms with E-state index in [9.17, 15) is 8.42 Å². The topological polar surface area (TPSA) is 51.1 Å². The zero-order valence-electron chi connectivity index (χ0n) is 13.0. The number of aromatic nitrogens is 1. The van der Waals surface area contributed by atoms with Gasteiger partial charge in [-0.25, -0.2) is 8.42 Å². The third kappa shape index (κ3) is 3.66. The maximum atomic E-state index is 12.0. The molecule has 0 aliphatic carbocycles. The number of benzene rings is 1. The zero-order chi connectivity index (χ0) is 15.5. The molecule has 0 bridgehead atoms. The van der Waals surface area contributed by atoms with E-state index in [-0.39, 0.29) is 11.0 Å². The van der Waals surface area contributed by atoms with Crippen molar-refractivity contribution in [3.05, 3.63) is 36.0 Å². The standard InChI is InChI=1S/C16H24N2O2S/c1-4-17-11-14-12-18(9-10-21(19,20)13(2)3)16-8-6-5-7-15(14)16/h5-8,12-13,17H,4,9-11H2,1-3H3. The van der Waals surface area contributed by atoms with Gasteiger partial charge in [-0.3, -0.25) is 0 Å². The van der Waals surface area contributed by atoms with Crippen LogP contribution in [0.3, 0.4) is 0 Å². The van der Waals surface area contributed by atoms with Crippen molar-refractivity contribution in [2.75, 3.05) is 12.3 Å². The Morgan fingerprint density at radius 2 is 1.95 bits per heavy atom. The quantitative estimate of drug-likeness (QED) is 0.855. The molecule has 2 aromatic rings. The van der Waals surface area contributed by atoms with Crippen LogP contribution in [0.25, 0.3) is 10.9 Å². The van der Waals surface area contributed by atoms with Crippen LogP contribution < -0.4 is 5.32 Å². The highest BCUT2D eigenvalue weighted by molar-refractivity contribution is 7.91. The molecular weight excluding hydrogens is 284 g/mol. The smallest absolute Gasteiger partial charge is 0.154 e. The Balaban J connectivity index is 2.28. The van der Waals surface area contributed by atoms with Crippen LogP contribution in [0.1, 0.15) is 26.3 Å². The van der Waals surface area contributed by atoms with Crippen LogP contribution in [0.2, 0.25) is 0 Å². The molecule has 4 nitrogen and oxygen atoms in total. The first-order valence-corrected chi connectivity index (χ1v) is 9.16. The molecule has 0 aliphatic heterocycles. The minimum atomic E-state index is -3.01. The Morgan fingerprint density at radius 1 is 1.24 bits per heavy atom. The van der Waals surface area contributed by atoms with Crippen molar-refractivity contribution in [3.63, 3.8) is 0 Å². The molecule has 0 radical (unpaired) electrons. The molecule has 116 valence electrons. The van der Waals surface area contributed by atoms with Gasteiger partial charge in [0.25, 0.3) is 0 Å². The van der Waals surface area contributed by atoms with E-state index >= 15 is 0 Å². The van der Waals surface area contributed by atoms with Crippen LogP contribution in [-0.2, 0) is 22.9 Å². The fourth-order valence-corrected chi connectivity index (χ4v) is 3.29. The summed E-state index contributed by atoms with van der Waals surface area (Å²) in [7, 11) is -3.01. The molecule has 1 N–H and O–H groups in total. The van der Waals surface area contributed by atoms with Gasteiger partial charge in [0.05, 0.1) is 11.0 Å². The number of hydrogen-bond donors (Lipinski definition) is 1. The van der Waals surface area contributed by atoms with Gasteiger partial charge in [0.2, 0.25) is 0 Å². The molecule has 2 rings (SSSR count). The van der Waals surface area contributed by atoms with Crippen LogP contribution in [-0.4, -0.2) is 30.5 Å². The van der Waals surface area contributed by atoms with E-state index in [4.69, 9.17) is 0 Å². The van der Waals surface area contributed by atoms with Crippen molar-refractivity contribution in [2.45, 2.75) is 39.1 Å². The number of aryl methyl sites for hydroxylation is 1. The van der Waals surface area contributed by atoms with Crippen LogP contribution in [0.4, 0.5) is 0 Å². The first-order valence-electron chi connectivity index (χ1n) is 7.44. The zero-order valence-corrected chi connectivity index (χ0v) is 13.8. The monoisotopic (exact) mass is 308 g/mol. The maximum Gasteiger partial charge on any atom is 0.154 e. The third-order valence-electron chi connectivity index (χ3n) is 3.77. The van der Waals surface area contributed by atoms with Crippen LogP contribution in [0.5, 0.6) is 0 Å². The van der Waals surface area contributed by atoms with Crippen LogP contribution >= 0.6 is 0 Å². The minimum Gasteiger partial charge on any atom is -0.346 e. The molecule has 1 aromatic heterocycles. The molecule has 0 atom stereocenters. The van der Waals surface area contributed by atoms with E-state index in [1.54, 1.807) is 13.8 Å². The summed E-state index contributed by atoms with van der Waals surface area (Å²) in [5.74, 6) is 0.185. The third-order valence-corrected chi connectivity index (χ3v) is 5.96. The van der Waals surface area contributed by atoms with E-state index in [2.05, 4.69) is 29.1 Å². The van der Waals surface area contributed by atoms with Gasteiger partial charge in [-0.2, -0.15) is 0 Å². The van der Waals surface area contributed by atoms with Gasteiger partial charge in [-0.05, 0) is 32.0 Å². The molecule has 0 aliphatic rings. The highest BCUT2D eigenvalue weighted by atomic mass is 32.2. The molecule has 0 spiro atoms. The van der Waals surface area contributed by atoms with Gasteiger partial charge < -0.3 is 9.88 Å². The van der Waals surface area contributed by atoms with Gasteiger partial charge >= 0.3 is 0 Å². The molecule has 21 heavy (non-hydrogen) atoms. The van der Waals surface area contributed by atoms with Crippen molar-refractivity contribution < 1.29 is 8.42 Å². The first kappa shape index (κ1) is 16.0. The number of rotatable bonds is 7. The molecule has 5 heteroatoms. The van der Waals surface area contributed by atoms with Gasteiger partial charge in [0.1, 0.15) is 0 Å². The SMILES string of the molecule is CCNCc1cn(CCS(=O)(=O)C(C)C)c2ccccc12. The number of nitrogens with zero attached hydrogens (tertiary/aromatic N) is 1. The summed E-state index contributed by atoms with van der Waals surface area (Å²) in [4.78, 5) is 0. The number of nitrogens with one attached hydrogen (secondary N) is 1. The second-order valence-electron chi connectivity index (χ2n) is 5.56. The lowest BCUT2D eigenvalue weighted by Gasteiger charge is -2.09. The van der Waals surface area contributed by atoms with Crippen molar-refractivity contribution in [2.24, 2.45) is 0 Å². The van der Waals surface area contributed by atoms with Crippen molar-refractivity contribution >= 4 is 20.7 Å². The van der Waals surface area contributed by atoms with Gasteiger partial charge in [-0.15, -0.1) is 0 Å². The Kier molecular flexibility index (Phi) is 5.06. The van der Waals surface area contributed by atoms with E-state index in [1.165, 1.54) is 10.9 Å². The molecule has 1 heterocycles. The van der Waals surface area contributed by atoms with Gasteiger partial charge in [-0.1, -0.05) is 25.1 Å². The highest BCUT2D eigenvalue weighted by Gasteiger charge is 2.17. The Labute approximate surface area is 127 Å². The lowest BCUT2D eigenvalue weighted by Crippen LogP contribution is -2.20. The lowest BCUT2D eigenvalue weighted by molar-refractivity contribution is 0.581. The number of fused-ring (bicyclic) bond motifs is 1. The second-order valence-corrected chi connectivity index (χ2v) is 8.24. The van der Waals surface area contributed by atoms with E-state index in [0.29, 0.717) is 6.54 Å².